The fourth-order valence-corrected chi connectivity index (χ4v) is 3.06. The van der Waals surface area contributed by atoms with E-state index in [4.69, 9.17) is 10.5 Å². The van der Waals surface area contributed by atoms with E-state index < -0.39 is 11.5 Å². The highest BCUT2D eigenvalue weighted by atomic mass is 16.6. The second-order valence-electron chi connectivity index (χ2n) is 7.73. The van der Waals surface area contributed by atoms with Crippen molar-refractivity contribution in [3.8, 4) is 0 Å². The minimum Gasteiger partial charge on any atom is -0.444 e. The zero-order valence-electron chi connectivity index (χ0n) is 15.5. The van der Waals surface area contributed by atoms with Gasteiger partial charge in [0.05, 0.1) is 0 Å². The van der Waals surface area contributed by atoms with Gasteiger partial charge in [-0.1, -0.05) is 0 Å². The number of amides is 2. The number of primary amides is 1. The molecule has 0 unspecified atom stereocenters. The Bertz CT molecular complexity index is 629. The van der Waals surface area contributed by atoms with E-state index in [0.717, 1.165) is 36.9 Å². The summed E-state index contributed by atoms with van der Waals surface area (Å²) in [6.07, 6.45) is 3.42. The van der Waals surface area contributed by atoms with E-state index >= 15 is 0 Å². The molecule has 1 saturated carbocycles. The van der Waals surface area contributed by atoms with Gasteiger partial charge in [0.25, 0.3) is 0 Å². The van der Waals surface area contributed by atoms with Gasteiger partial charge < -0.3 is 21.1 Å². The molecule has 6 heteroatoms. The van der Waals surface area contributed by atoms with Crippen LogP contribution in [-0.2, 0) is 4.74 Å². The second kappa shape index (κ2) is 7.76. The molecule has 138 valence electrons. The molecule has 1 aliphatic rings. The minimum atomic E-state index is -0.475. The standard InChI is InChI=1S/C19H29N3O3/c1-12-11-13(17(20)23)5-10-16(12)21-14-6-8-15(9-7-14)22-18(24)25-19(2,3)4/h5,10-11,14-15,21H,6-9H2,1-4H3,(H2,20,23)(H,22,24). The smallest absolute Gasteiger partial charge is 0.407 e. The summed E-state index contributed by atoms with van der Waals surface area (Å²) in [5.41, 5.74) is 7.38. The Morgan fingerprint density at radius 3 is 2.24 bits per heavy atom. The van der Waals surface area contributed by atoms with Crippen LogP contribution in [-0.4, -0.2) is 29.7 Å². The highest BCUT2D eigenvalue weighted by Gasteiger charge is 2.25. The van der Waals surface area contributed by atoms with Crippen molar-refractivity contribution in [2.24, 2.45) is 5.73 Å². The third-order valence-electron chi connectivity index (χ3n) is 4.32. The number of benzene rings is 1. The molecule has 0 heterocycles. The molecule has 0 saturated heterocycles. The van der Waals surface area contributed by atoms with Gasteiger partial charge in [0, 0.05) is 23.3 Å². The molecule has 2 amide bonds. The van der Waals surface area contributed by atoms with Crippen LogP contribution in [0, 0.1) is 6.92 Å². The van der Waals surface area contributed by atoms with E-state index in [-0.39, 0.29) is 12.1 Å². The van der Waals surface area contributed by atoms with Crippen LogP contribution in [0.4, 0.5) is 10.5 Å². The summed E-state index contributed by atoms with van der Waals surface area (Å²) in [6.45, 7) is 7.54. The number of carbonyl (C=O) groups is 2. The molecule has 1 fully saturated rings. The third kappa shape index (κ3) is 5.96. The number of carbonyl (C=O) groups excluding carboxylic acids is 2. The van der Waals surface area contributed by atoms with Crippen LogP contribution in [0.1, 0.15) is 62.4 Å². The quantitative estimate of drug-likeness (QED) is 0.778. The zero-order chi connectivity index (χ0) is 18.6. The summed E-state index contributed by atoms with van der Waals surface area (Å²) in [6, 6.07) is 5.97. The molecule has 0 aromatic heterocycles. The monoisotopic (exact) mass is 347 g/mol. The first-order valence-corrected chi connectivity index (χ1v) is 8.80. The van der Waals surface area contributed by atoms with Crippen molar-refractivity contribution in [2.45, 2.75) is 71.1 Å². The van der Waals surface area contributed by atoms with Gasteiger partial charge in [0.15, 0.2) is 0 Å². The van der Waals surface area contributed by atoms with E-state index in [9.17, 15) is 9.59 Å². The Hall–Kier alpha value is -2.24. The van der Waals surface area contributed by atoms with E-state index in [1.165, 1.54) is 0 Å². The fourth-order valence-electron chi connectivity index (χ4n) is 3.06. The molecule has 25 heavy (non-hydrogen) atoms. The van der Waals surface area contributed by atoms with E-state index in [0.29, 0.717) is 11.6 Å². The van der Waals surface area contributed by atoms with Crippen LogP contribution in [0.15, 0.2) is 18.2 Å². The maximum absolute atomic E-state index is 11.8. The van der Waals surface area contributed by atoms with Gasteiger partial charge in [-0.3, -0.25) is 4.79 Å². The predicted octanol–water partition coefficient (Wildman–Crippen LogP) is 3.34. The molecule has 0 spiro atoms. The van der Waals surface area contributed by atoms with E-state index in [2.05, 4.69) is 10.6 Å². The Kier molecular flexibility index (Phi) is 5.93. The number of hydrogen-bond donors (Lipinski definition) is 3. The number of anilines is 1. The predicted molar refractivity (Wildman–Crippen MR) is 98.7 cm³/mol. The van der Waals surface area contributed by atoms with Gasteiger partial charge in [0.2, 0.25) is 5.91 Å². The van der Waals surface area contributed by atoms with Gasteiger partial charge >= 0.3 is 6.09 Å². The summed E-state index contributed by atoms with van der Waals surface area (Å²) in [5.74, 6) is -0.414. The first-order chi connectivity index (χ1) is 11.6. The van der Waals surface area contributed by atoms with Gasteiger partial charge in [0.1, 0.15) is 5.60 Å². The average Bonchev–Trinajstić information content (AvgIpc) is 2.49. The number of hydrogen-bond acceptors (Lipinski definition) is 4. The molecule has 1 aromatic carbocycles. The van der Waals surface area contributed by atoms with Crippen LogP contribution in [0.25, 0.3) is 0 Å². The zero-order valence-corrected chi connectivity index (χ0v) is 15.5. The number of nitrogens with two attached hydrogens (primary N) is 1. The molecule has 1 aromatic rings. The molecule has 1 aliphatic carbocycles. The molecule has 6 nitrogen and oxygen atoms in total. The van der Waals surface area contributed by atoms with Crippen molar-refractivity contribution in [3.05, 3.63) is 29.3 Å². The third-order valence-corrected chi connectivity index (χ3v) is 4.32. The number of ether oxygens (including phenoxy) is 1. The number of alkyl carbamates (subject to hydrolysis) is 1. The van der Waals surface area contributed by atoms with Gasteiger partial charge in [-0.2, -0.15) is 0 Å². The van der Waals surface area contributed by atoms with Gasteiger partial charge in [-0.25, -0.2) is 4.79 Å². The van der Waals surface area contributed by atoms with Crippen LogP contribution in [0.3, 0.4) is 0 Å². The van der Waals surface area contributed by atoms with Crippen molar-refractivity contribution in [1.29, 1.82) is 0 Å². The molecular formula is C19H29N3O3. The lowest BCUT2D eigenvalue weighted by Gasteiger charge is -2.31. The van der Waals surface area contributed by atoms with Crippen LogP contribution < -0.4 is 16.4 Å². The van der Waals surface area contributed by atoms with Crippen LogP contribution in [0.5, 0.6) is 0 Å². The van der Waals surface area contributed by atoms with Crippen molar-refractivity contribution < 1.29 is 14.3 Å². The maximum atomic E-state index is 11.8. The highest BCUT2D eigenvalue weighted by Crippen LogP contribution is 2.25. The average molecular weight is 347 g/mol. The van der Waals surface area contributed by atoms with E-state index in [1.54, 1.807) is 12.1 Å². The van der Waals surface area contributed by atoms with Crippen LogP contribution in [0.2, 0.25) is 0 Å². The van der Waals surface area contributed by atoms with Crippen molar-refractivity contribution in [3.63, 3.8) is 0 Å². The summed E-state index contributed by atoms with van der Waals surface area (Å²) in [5, 5.41) is 6.48. The SMILES string of the molecule is Cc1cc(C(N)=O)ccc1NC1CCC(NC(=O)OC(C)(C)C)CC1. The van der Waals surface area contributed by atoms with Crippen LogP contribution >= 0.6 is 0 Å². The molecule has 4 N–H and O–H groups in total. The largest absolute Gasteiger partial charge is 0.444 e. The number of aryl methyl sites for hydroxylation is 1. The summed E-state index contributed by atoms with van der Waals surface area (Å²) < 4.78 is 5.31. The lowest BCUT2D eigenvalue weighted by Crippen LogP contribution is -2.42. The van der Waals surface area contributed by atoms with Crippen molar-refractivity contribution in [2.75, 3.05) is 5.32 Å². The first-order valence-electron chi connectivity index (χ1n) is 8.80. The Morgan fingerprint density at radius 1 is 1.12 bits per heavy atom. The Balaban J connectivity index is 1.83. The molecule has 0 atom stereocenters. The lowest BCUT2D eigenvalue weighted by atomic mass is 9.91. The topological polar surface area (TPSA) is 93.5 Å². The van der Waals surface area contributed by atoms with Gasteiger partial charge in [-0.15, -0.1) is 0 Å². The molecule has 2 rings (SSSR count). The second-order valence-corrected chi connectivity index (χ2v) is 7.73. The summed E-state index contributed by atoms with van der Waals surface area (Å²) >= 11 is 0. The summed E-state index contributed by atoms with van der Waals surface area (Å²) in [7, 11) is 0. The lowest BCUT2D eigenvalue weighted by molar-refractivity contribution is 0.0492. The minimum absolute atomic E-state index is 0.159. The van der Waals surface area contributed by atoms with Crippen molar-refractivity contribution in [1.82, 2.24) is 5.32 Å². The fraction of sp³-hybridized carbons (Fsp3) is 0.579. The number of rotatable bonds is 4. The Morgan fingerprint density at radius 2 is 1.72 bits per heavy atom. The molecule has 0 aliphatic heterocycles. The molecular weight excluding hydrogens is 318 g/mol. The number of nitrogens with one attached hydrogen (secondary N) is 2. The summed E-state index contributed by atoms with van der Waals surface area (Å²) in [4.78, 5) is 23.1. The first kappa shape index (κ1) is 19.1. The Labute approximate surface area is 149 Å². The van der Waals surface area contributed by atoms with E-state index in [1.807, 2.05) is 33.8 Å². The molecule has 0 bridgehead atoms. The van der Waals surface area contributed by atoms with Gasteiger partial charge in [-0.05, 0) is 77.1 Å². The highest BCUT2D eigenvalue weighted by molar-refractivity contribution is 5.93. The maximum Gasteiger partial charge on any atom is 0.407 e. The normalized spacial score (nSPS) is 20.6. The van der Waals surface area contributed by atoms with Crippen molar-refractivity contribution >= 4 is 17.7 Å². The molecule has 0 radical (unpaired) electrons.